The maximum absolute atomic E-state index is 9.35. The second kappa shape index (κ2) is 7.94. The van der Waals surface area contributed by atoms with Crippen LogP contribution >= 0.6 is 27.7 Å². The Bertz CT molecular complexity index is 444. The van der Waals surface area contributed by atoms with Gasteiger partial charge in [0.1, 0.15) is 5.54 Å². The van der Waals surface area contributed by atoms with Gasteiger partial charge >= 0.3 is 0 Å². The lowest BCUT2D eigenvalue weighted by molar-refractivity contribution is 0.418. The lowest BCUT2D eigenvalue weighted by Gasteiger charge is -2.26. The van der Waals surface area contributed by atoms with E-state index in [1.165, 1.54) is 4.90 Å². The highest BCUT2D eigenvalue weighted by atomic mass is 79.9. The quantitative estimate of drug-likeness (QED) is 0.736. The van der Waals surface area contributed by atoms with Crippen LogP contribution in [0.3, 0.4) is 0 Å². The number of rotatable bonds is 7. The smallest absolute Gasteiger partial charge is 0.104 e. The molecule has 1 N–H and O–H groups in total. The average Bonchev–Trinajstić information content (AvgIpc) is 2.39. The molecule has 0 saturated carbocycles. The zero-order valence-corrected chi connectivity index (χ0v) is 14.1. The summed E-state index contributed by atoms with van der Waals surface area (Å²) < 4.78 is 1.12. The highest BCUT2D eigenvalue weighted by Gasteiger charge is 2.26. The first-order chi connectivity index (χ1) is 9.00. The van der Waals surface area contributed by atoms with E-state index in [2.05, 4.69) is 47.2 Å². The van der Waals surface area contributed by atoms with Crippen LogP contribution in [0.25, 0.3) is 0 Å². The lowest BCUT2D eigenvalue weighted by Crippen LogP contribution is -2.43. The molecule has 0 radical (unpaired) electrons. The van der Waals surface area contributed by atoms with Crippen molar-refractivity contribution in [2.24, 2.45) is 0 Å². The van der Waals surface area contributed by atoms with Gasteiger partial charge in [-0.15, -0.1) is 11.8 Å². The normalized spacial score (nSPS) is 15.5. The number of hydrogen-bond donors (Lipinski definition) is 1. The van der Waals surface area contributed by atoms with Crippen LogP contribution in [-0.2, 0) is 0 Å². The number of halogens is 1. The van der Waals surface area contributed by atoms with Crippen molar-refractivity contribution in [3.63, 3.8) is 0 Å². The second-order valence-electron chi connectivity index (χ2n) is 4.93. The number of nitrogens with zero attached hydrogens (tertiary/aromatic N) is 1. The first-order valence-electron chi connectivity index (χ1n) is 6.58. The molecule has 1 aromatic carbocycles. The van der Waals surface area contributed by atoms with E-state index in [9.17, 15) is 5.26 Å². The summed E-state index contributed by atoms with van der Waals surface area (Å²) in [6.45, 7) is 7.16. The van der Waals surface area contributed by atoms with Crippen LogP contribution in [0.1, 0.15) is 33.6 Å². The van der Waals surface area contributed by atoms with Gasteiger partial charge < -0.3 is 0 Å². The molecule has 0 fully saturated rings. The molecule has 0 aliphatic rings. The van der Waals surface area contributed by atoms with Crippen molar-refractivity contribution in [3.8, 4) is 6.07 Å². The summed E-state index contributed by atoms with van der Waals surface area (Å²) >= 11 is 5.37. The number of thioether (sulfide) groups is 1. The van der Waals surface area contributed by atoms with E-state index < -0.39 is 5.54 Å². The highest BCUT2D eigenvalue weighted by Crippen LogP contribution is 2.33. The van der Waals surface area contributed by atoms with Crippen LogP contribution in [0.5, 0.6) is 0 Å². The zero-order valence-electron chi connectivity index (χ0n) is 11.7. The van der Waals surface area contributed by atoms with E-state index in [0.29, 0.717) is 5.25 Å². The molecule has 0 aliphatic carbocycles. The molecular formula is C15H21BrN2S. The van der Waals surface area contributed by atoms with E-state index in [4.69, 9.17) is 0 Å². The van der Waals surface area contributed by atoms with Crippen LogP contribution in [0.2, 0.25) is 0 Å². The van der Waals surface area contributed by atoms with Crippen LogP contribution in [0.4, 0.5) is 0 Å². The second-order valence-corrected chi connectivity index (χ2v) is 7.27. The van der Waals surface area contributed by atoms with Gasteiger partial charge in [-0.05, 0) is 54.4 Å². The summed E-state index contributed by atoms with van der Waals surface area (Å²) in [5.74, 6) is 0. The van der Waals surface area contributed by atoms with E-state index in [1.807, 2.05) is 36.9 Å². The van der Waals surface area contributed by atoms with Gasteiger partial charge in [-0.3, -0.25) is 5.32 Å². The molecule has 0 bridgehead atoms. The van der Waals surface area contributed by atoms with Gasteiger partial charge in [0, 0.05) is 14.6 Å². The Hall–Kier alpha value is -0.500. The highest BCUT2D eigenvalue weighted by molar-refractivity contribution is 9.10. The fourth-order valence-electron chi connectivity index (χ4n) is 1.93. The van der Waals surface area contributed by atoms with E-state index in [-0.39, 0.29) is 0 Å². The van der Waals surface area contributed by atoms with Crippen LogP contribution in [-0.4, -0.2) is 17.3 Å². The Morgan fingerprint density at radius 3 is 2.74 bits per heavy atom. The summed E-state index contributed by atoms with van der Waals surface area (Å²) in [4.78, 5) is 1.23. The number of nitriles is 1. The van der Waals surface area contributed by atoms with Gasteiger partial charge in [0.25, 0.3) is 0 Å². The first kappa shape index (κ1) is 16.6. The summed E-state index contributed by atoms with van der Waals surface area (Å²) in [7, 11) is 0. The molecule has 104 valence electrons. The Kier molecular flexibility index (Phi) is 6.92. The monoisotopic (exact) mass is 340 g/mol. The molecule has 0 aliphatic heterocycles. The molecule has 19 heavy (non-hydrogen) atoms. The number of hydrogen-bond acceptors (Lipinski definition) is 3. The molecular weight excluding hydrogens is 320 g/mol. The van der Waals surface area contributed by atoms with Gasteiger partial charge in [-0.25, -0.2) is 0 Å². The Morgan fingerprint density at radius 2 is 2.16 bits per heavy atom. The Morgan fingerprint density at radius 1 is 1.47 bits per heavy atom. The number of nitrogens with one attached hydrogen (secondary N) is 1. The SMILES string of the molecule is CCCNC(C)(C#N)CC(C)Sc1ccccc1Br. The summed E-state index contributed by atoms with van der Waals surface area (Å²) in [6, 6.07) is 10.6. The van der Waals surface area contributed by atoms with Gasteiger partial charge in [-0.2, -0.15) is 5.26 Å². The van der Waals surface area contributed by atoms with Crippen LogP contribution in [0, 0.1) is 11.3 Å². The summed E-state index contributed by atoms with van der Waals surface area (Å²) in [6.07, 6.45) is 1.87. The minimum Gasteiger partial charge on any atom is -0.300 e. The van der Waals surface area contributed by atoms with E-state index in [0.717, 1.165) is 23.9 Å². The minimum absolute atomic E-state index is 0.382. The molecule has 1 aromatic rings. The molecule has 0 heterocycles. The minimum atomic E-state index is -0.441. The Balaban J connectivity index is 2.61. The average molecular weight is 341 g/mol. The van der Waals surface area contributed by atoms with Gasteiger partial charge in [-0.1, -0.05) is 26.0 Å². The standard InChI is InChI=1S/C15H21BrN2S/c1-4-9-18-15(3,11-17)10-12(2)19-14-8-6-5-7-13(14)16/h5-8,12,18H,4,9-10H2,1-3H3. The van der Waals surface area contributed by atoms with Crippen LogP contribution in [0.15, 0.2) is 33.6 Å². The predicted molar refractivity (Wildman–Crippen MR) is 86.4 cm³/mol. The maximum atomic E-state index is 9.35. The molecule has 0 saturated heterocycles. The fourth-order valence-corrected chi connectivity index (χ4v) is 3.68. The molecule has 4 heteroatoms. The summed E-state index contributed by atoms with van der Waals surface area (Å²) in [5, 5.41) is 13.1. The Labute approximate surface area is 129 Å². The van der Waals surface area contributed by atoms with Crippen LogP contribution < -0.4 is 5.32 Å². The van der Waals surface area contributed by atoms with Crippen molar-refractivity contribution >= 4 is 27.7 Å². The molecule has 2 nitrogen and oxygen atoms in total. The predicted octanol–water partition coefficient (Wildman–Crippen LogP) is 4.60. The largest absolute Gasteiger partial charge is 0.300 e. The lowest BCUT2D eigenvalue weighted by atomic mass is 9.98. The molecule has 2 unspecified atom stereocenters. The molecule has 1 rings (SSSR count). The third-order valence-corrected chi connectivity index (χ3v) is 5.01. The topological polar surface area (TPSA) is 35.8 Å². The molecule has 0 spiro atoms. The maximum Gasteiger partial charge on any atom is 0.104 e. The molecule has 0 amide bonds. The molecule has 2 atom stereocenters. The zero-order chi connectivity index (χ0) is 14.3. The van der Waals surface area contributed by atoms with E-state index in [1.54, 1.807) is 0 Å². The first-order valence-corrected chi connectivity index (χ1v) is 8.25. The van der Waals surface area contributed by atoms with E-state index >= 15 is 0 Å². The van der Waals surface area contributed by atoms with Crippen molar-refractivity contribution in [3.05, 3.63) is 28.7 Å². The van der Waals surface area contributed by atoms with Gasteiger partial charge in [0.05, 0.1) is 6.07 Å². The number of benzene rings is 1. The fraction of sp³-hybridized carbons (Fsp3) is 0.533. The van der Waals surface area contributed by atoms with Crippen molar-refractivity contribution in [2.45, 2.75) is 49.3 Å². The van der Waals surface area contributed by atoms with Crippen molar-refractivity contribution < 1.29 is 0 Å². The summed E-state index contributed by atoms with van der Waals surface area (Å²) in [5.41, 5.74) is -0.441. The third-order valence-electron chi connectivity index (χ3n) is 2.87. The van der Waals surface area contributed by atoms with Gasteiger partial charge in [0.2, 0.25) is 0 Å². The van der Waals surface area contributed by atoms with Crippen molar-refractivity contribution in [1.29, 1.82) is 5.26 Å². The molecule has 0 aromatic heterocycles. The third kappa shape index (κ3) is 5.56. The van der Waals surface area contributed by atoms with Crippen molar-refractivity contribution in [1.82, 2.24) is 5.32 Å². The van der Waals surface area contributed by atoms with Gasteiger partial charge in [0.15, 0.2) is 0 Å². The van der Waals surface area contributed by atoms with Crippen molar-refractivity contribution in [2.75, 3.05) is 6.54 Å².